The Morgan fingerprint density at radius 2 is 1.81 bits per heavy atom. The number of carbonyl (C=O) groups excluding carboxylic acids is 1. The molecule has 2 aliphatic heterocycles. The van der Waals surface area contributed by atoms with Crippen LogP contribution in [0, 0.1) is 5.82 Å². The molecule has 32 heavy (non-hydrogen) atoms. The quantitative estimate of drug-likeness (QED) is 0.439. The van der Waals surface area contributed by atoms with Crippen LogP contribution in [-0.4, -0.2) is 37.9 Å². The van der Waals surface area contributed by atoms with Crippen LogP contribution in [0.1, 0.15) is 55.0 Å². The summed E-state index contributed by atoms with van der Waals surface area (Å²) in [5.41, 5.74) is 4.16. The van der Waals surface area contributed by atoms with Crippen LogP contribution in [0.25, 0.3) is 10.9 Å². The van der Waals surface area contributed by atoms with Crippen molar-refractivity contribution in [1.29, 1.82) is 0 Å². The maximum Gasteiger partial charge on any atom is 0.252 e. The molecule has 2 unspecified atom stereocenters. The minimum Gasteiger partial charge on any atom is -0.356 e. The molecule has 1 saturated carbocycles. The van der Waals surface area contributed by atoms with Gasteiger partial charge in [-0.2, -0.15) is 0 Å². The fourth-order valence-electron chi connectivity index (χ4n) is 5.78. The fourth-order valence-corrected chi connectivity index (χ4v) is 6.61. The number of H-pyrrole nitrogens is 1. The number of aromatic amines is 1. The van der Waals surface area contributed by atoms with Gasteiger partial charge < -0.3 is 9.88 Å². The predicted molar refractivity (Wildman–Crippen MR) is 130 cm³/mol. The zero-order chi connectivity index (χ0) is 22.0. The Kier molecular flexibility index (Phi) is 4.88. The van der Waals surface area contributed by atoms with E-state index < -0.39 is 0 Å². The number of carbonyl (C=O) groups is 1. The van der Waals surface area contributed by atoms with Gasteiger partial charge in [0.05, 0.1) is 6.04 Å². The second-order valence-electron chi connectivity index (χ2n) is 9.07. The van der Waals surface area contributed by atoms with Gasteiger partial charge in [0.1, 0.15) is 11.9 Å². The van der Waals surface area contributed by atoms with Crippen LogP contribution < -0.4 is 0 Å². The Labute approximate surface area is 199 Å². The van der Waals surface area contributed by atoms with E-state index in [4.69, 9.17) is 12.2 Å². The third-order valence-corrected chi connectivity index (χ3v) is 8.16. The first-order chi connectivity index (χ1) is 15.5. The van der Waals surface area contributed by atoms with Gasteiger partial charge in [-0.25, -0.2) is 4.39 Å². The number of nitrogens with one attached hydrogen (secondary N) is 1. The van der Waals surface area contributed by atoms with E-state index in [1.54, 1.807) is 0 Å². The molecule has 2 fully saturated rings. The number of rotatable bonds is 2. The molecule has 1 saturated heterocycles. The third kappa shape index (κ3) is 3.05. The summed E-state index contributed by atoms with van der Waals surface area (Å²) in [5, 5.41) is 1.74. The molecule has 6 rings (SSSR count). The number of fused-ring (bicyclic) bond motifs is 4. The number of aromatic nitrogens is 1. The summed E-state index contributed by atoms with van der Waals surface area (Å²) in [6.07, 6.45) is 6.14. The number of nitrogens with zero attached hydrogens (tertiary/aromatic N) is 2. The lowest BCUT2D eigenvalue weighted by atomic mass is 9.89. The summed E-state index contributed by atoms with van der Waals surface area (Å²) in [7, 11) is 0. The van der Waals surface area contributed by atoms with Gasteiger partial charge in [-0.15, -0.1) is 0 Å². The summed E-state index contributed by atoms with van der Waals surface area (Å²) in [5.74, 6) is -0.158. The highest BCUT2D eigenvalue weighted by atomic mass is 79.9. The Balaban J connectivity index is 1.51. The van der Waals surface area contributed by atoms with Gasteiger partial charge >= 0.3 is 0 Å². The zero-order valence-corrected chi connectivity index (χ0v) is 19.9. The summed E-state index contributed by atoms with van der Waals surface area (Å²) in [4.78, 5) is 21.3. The summed E-state index contributed by atoms with van der Waals surface area (Å²) < 4.78 is 14.8. The van der Waals surface area contributed by atoms with Gasteiger partial charge in [0.15, 0.2) is 5.11 Å². The Morgan fingerprint density at radius 1 is 1.06 bits per heavy atom. The first-order valence-corrected chi connectivity index (χ1v) is 12.4. The van der Waals surface area contributed by atoms with Crippen molar-refractivity contribution in [2.24, 2.45) is 0 Å². The van der Waals surface area contributed by atoms with Gasteiger partial charge in [-0.3, -0.25) is 9.69 Å². The molecule has 0 bridgehead atoms. The molecule has 1 aliphatic carbocycles. The molecule has 1 amide bonds. The molecule has 0 radical (unpaired) electrons. The molecule has 2 atom stereocenters. The Morgan fingerprint density at radius 3 is 2.56 bits per heavy atom. The van der Waals surface area contributed by atoms with Gasteiger partial charge in [0, 0.05) is 33.5 Å². The van der Waals surface area contributed by atoms with Crippen molar-refractivity contribution in [2.75, 3.05) is 0 Å². The molecule has 0 spiro atoms. The smallest absolute Gasteiger partial charge is 0.252 e. The molecule has 1 N–H and O–H groups in total. The van der Waals surface area contributed by atoms with E-state index in [-0.39, 0.29) is 29.8 Å². The third-order valence-electron chi connectivity index (χ3n) is 7.26. The largest absolute Gasteiger partial charge is 0.356 e. The van der Waals surface area contributed by atoms with E-state index in [1.165, 1.54) is 18.6 Å². The van der Waals surface area contributed by atoms with Gasteiger partial charge in [-0.05, 0) is 66.5 Å². The highest BCUT2D eigenvalue weighted by molar-refractivity contribution is 9.10. The highest BCUT2D eigenvalue weighted by Gasteiger charge is 2.52. The van der Waals surface area contributed by atoms with Gasteiger partial charge in [0.25, 0.3) is 5.91 Å². The lowest BCUT2D eigenvalue weighted by Crippen LogP contribution is -2.44. The molecule has 7 heteroatoms. The van der Waals surface area contributed by atoms with Gasteiger partial charge in [0.2, 0.25) is 0 Å². The predicted octanol–water partition coefficient (Wildman–Crippen LogP) is 5.85. The average Bonchev–Trinajstić information content (AvgIpc) is 3.28. The van der Waals surface area contributed by atoms with Crippen molar-refractivity contribution in [1.82, 2.24) is 14.8 Å². The van der Waals surface area contributed by atoms with Crippen molar-refractivity contribution in [3.63, 3.8) is 0 Å². The minimum absolute atomic E-state index is 0.115. The van der Waals surface area contributed by atoms with Crippen molar-refractivity contribution >= 4 is 50.1 Å². The maximum absolute atomic E-state index is 13.8. The standard InChI is InChI=1S/C25H23BrFN3OS/c26-15-8-11-20-18(12-15)19-13-21-24(31)29(17-4-2-1-3-5-17)25(32)30(21)23(22(19)28-20)14-6-9-16(27)10-7-14/h6-12,17,21,23,28H,1-5,13H2. The van der Waals surface area contributed by atoms with Crippen LogP contribution in [0.15, 0.2) is 46.9 Å². The summed E-state index contributed by atoms with van der Waals surface area (Å²) in [6.45, 7) is 0. The molecule has 3 aliphatic rings. The monoisotopic (exact) mass is 511 g/mol. The second kappa shape index (κ2) is 7.66. The zero-order valence-electron chi connectivity index (χ0n) is 17.5. The molecule has 3 aromatic rings. The normalized spacial score (nSPS) is 23.7. The van der Waals surface area contributed by atoms with Crippen LogP contribution in [0.4, 0.5) is 4.39 Å². The lowest BCUT2D eigenvalue weighted by molar-refractivity contribution is -0.130. The molecular weight excluding hydrogens is 489 g/mol. The Hall–Kier alpha value is -2.25. The molecule has 1 aromatic heterocycles. The van der Waals surface area contributed by atoms with Crippen LogP contribution in [0.2, 0.25) is 0 Å². The van der Waals surface area contributed by atoms with Crippen molar-refractivity contribution in [3.05, 3.63) is 69.6 Å². The second-order valence-corrected chi connectivity index (χ2v) is 10.4. The van der Waals surface area contributed by atoms with Crippen LogP contribution in [0.3, 0.4) is 0 Å². The van der Waals surface area contributed by atoms with Crippen LogP contribution in [0.5, 0.6) is 0 Å². The van der Waals surface area contributed by atoms with Gasteiger partial charge in [-0.1, -0.05) is 47.3 Å². The molecular formula is C25H23BrFN3OS. The van der Waals surface area contributed by atoms with Crippen molar-refractivity contribution in [3.8, 4) is 0 Å². The first kappa shape index (κ1) is 20.4. The van der Waals surface area contributed by atoms with E-state index in [1.807, 2.05) is 23.1 Å². The highest BCUT2D eigenvalue weighted by Crippen LogP contribution is 2.45. The molecule has 2 aromatic carbocycles. The number of hydrogen-bond acceptors (Lipinski definition) is 2. The number of benzene rings is 2. The van der Waals surface area contributed by atoms with E-state index in [0.29, 0.717) is 11.5 Å². The molecule has 164 valence electrons. The number of hydrogen-bond donors (Lipinski definition) is 1. The maximum atomic E-state index is 13.8. The number of halogens is 2. The van der Waals surface area contributed by atoms with Crippen molar-refractivity contribution in [2.45, 2.75) is 56.7 Å². The van der Waals surface area contributed by atoms with Crippen LogP contribution >= 0.6 is 28.1 Å². The lowest BCUT2D eigenvalue weighted by Gasteiger charge is -2.38. The first-order valence-electron chi connectivity index (χ1n) is 11.2. The van der Waals surface area contributed by atoms with E-state index in [0.717, 1.165) is 57.9 Å². The SMILES string of the molecule is O=C1C2Cc3c([nH]c4ccc(Br)cc34)C(c3ccc(F)cc3)N2C(=S)N1C1CCCCC1. The molecule has 3 heterocycles. The topological polar surface area (TPSA) is 39.3 Å². The Bertz CT molecular complexity index is 1230. The fraction of sp³-hybridized carbons (Fsp3) is 0.360. The summed E-state index contributed by atoms with van der Waals surface area (Å²) >= 11 is 9.56. The average molecular weight is 512 g/mol. The number of thiocarbonyl (C=S) groups is 1. The van der Waals surface area contributed by atoms with Crippen molar-refractivity contribution < 1.29 is 9.18 Å². The van der Waals surface area contributed by atoms with E-state index in [9.17, 15) is 9.18 Å². The minimum atomic E-state index is -0.329. The number of amides is 1. The van der Waals surface area contributed by atoms with Crippen LogP contribution in [-0.2, 0) is 11.2 Å². The van der Waals surface area contributed by atoms with E-state index in [2.05, 4.69) is 37.9 Å². The summed E-state index contributed by atoms with van der Waals surface area (Å²) in [6, 6.07) is 12.4. The van der Waals surface area contributed by atoms with E-state index >= 15 is 0 Å². The molecule has 4 nitrogen and oxygen atoms in total.